The van der Waals surface area contributed by atoms with Crippen molar-refractivity contribution in [2.24, 2.45) is 5.92 Å². The van der Waals surface area contributed by atoms with Gasteiger partial charge in [-0.2, -0.15) is 0 Å². The van der Waals surface area contributed by atoms with Crippen LogP contribution in [0.5, 0.6) is 0 Å². The summed E-state index contributed by atoms with van der Waals surface area (Å²) < 4.78 is 0. The molecule has 1 aliphatic carbocycles. The molecule has 1 fully saturated rings. The lowest BCUT2D eigenvalue weighted by Gasteiger charge is -2.43. The Labute approximate surface area is 188 Å². The van der Waals surface area contributed by atoms with Gasteiger partial charge in [0.2, 0.25) is 11.8 Å². The van der Waals surface area contributed by atoms with Gasteiger partial charge in [-0.1, -0.05) is 29.8 Å². The zero-order chi connectivity index (χ0) is 23.2. The Balaban J connectivity index is 1.86. The maximum atomic E-state index is 13.2. The SMILES string of the molecule is O=C(O)[C@H]1C[C@H](N2C(=O)CC(=O)N(c3ccccc3)c3cc(Cl)ccc32)[C@H](O)[C@@H](O)[C@@H]1O. The molecule has 2 aromatic carbocycles. The van der Waals surface area contributed by atoms with Crippen LogP contribution in [0, 0.1) is 5.92 Å². The van der Waals surface area contributed by atoms with Crippen LogP contribution in [0.3, 0.4) is 0 Å². The summed E-state index contributed by atoms with van der Waals surface area (Å²) in [7, 11) is 0. The van der Waals surface area contributed by atoms with Gasteiger partial charge in [-0.25, -0.2) is 0 Å². The van der Waals surface area contributed by atoms with E-state index in [0.717, 1.165) is 4.90 Å². The second kappa shape index (κ2) is 8.51. The number of benzene rings is 2. The van der Waals surface area contributed by atoms with Gasteiger partial charge in [0.15, 0.2) is 0 Å². The highest BCUT2D eigenvalue weighted by Gasteiger charge is 2.50. The van der Waals surface area contributed by atoms with Gasteiger partial charge in [0.25, 0.3) is 0 Å². The Hall–Kier alpha value is -2.98. The molecule has 1 aliphatic heterocycles. The van der Waals surface area contributed by atoms with Crippen LogP contribution in [-0.2, 0) is 14.4 Å². The van der Waals surface area contributed by atoms with Gasteiger partial charge in [-0.05, 0) is 36.8 Å². The Morgan fingerprint density at radius 2 is 1.59 bits per heavy atom. The van der Waals surface area contributed by atoms with Gasteiger partial charge in [-0.3, -0.25) is 19.3 Å². The van der Waals surface area contributed by atoms with E-state index in [1.165, 1.54) is 23.1 Å². The number of nitrogens with zero attached hydrogens (tertiary/aromatic N) is 2. The largest absolute Gasteiger partial charge is 0.481 e. The summed E-state index contributed by atoms with van der Waals surface area (Å²) in [5.74, 6) is -3.98. The minimum absolute atomic E-state index is 0.228. The fraction of sp³-hybridized carbons (Fsp3) is 0.318. The Bertz CT molecular complexity index is 1060. The summed E-state index contributed by atoms with van der Waals surface area (Å²) in [5.41, 5.74) is 1.00. The molecule has 5 atom stereocenters. The van der Waals surface area contributed by atoms with Crippen LogP contribution >= 0.6 is 11.6 Å². The van der Waals surface area contributed by atoms with E-state index in [2.05, 4.69) is 0 Å². The Kier molecular flexibility index (Phi) is 5.91. The lowest BCUT2D eigenvalue weighted by Crippen LogP contribution is -2.61. The lowest BCUT2D eigenvalue weighted by atomic mass is 9.78. The monoisotopic (exact) mass is 460 g/mol. The smallest absolute Gasteiger partial charge is 0.309 e. The number of carboxylic acids is 1. The molecule has 4 N–H and O–H groups in total. The topological polar surface area (TPSA) is 139 Å². The number of hydrogen-bond acceptors (Lipinski definition) is 6. The zero-order valence-electron chi connectivity index (χ0n) is 16.7. The van der Waals surface area contributed by atoms with Gasteiger partial charge >= 0.3 is 5.97 Å². The number of carboxylic acid groups (broad SMARTS) is 1. The molecule has 0 aromatic heterocycles. The number of anilines is 3. The molecule has 168 valence electrons. The van der Waals surface area contributed by atoms with E-state index in [9.17, 15) is 34.8 Å². The standard InChI is InChI=1S/C22H21ClN2O7/c23-11-6-7-14-15(8-11)24(12-4-2-1-3-5-12)17(26)10-18(27)25(14)16-9-13(22(31)32)19(28)21(30)20(16)29/h1-8,13,16,19-21,28-30H,9-10H2,(H,31,32)/t13-,16-,19+,20-,21-/m0/s1. The fourth-order valence-corrected chi connectivity index (χ4v) is 4.54. The number of rotatable bonds is 3. The van der Waals surface area contributed by atoms with E-state index >= 15 is 0 Å². The van der Waals surface area contributed by atoms with Gasteiger partial charge in [0.1, 0.15) is 18.6 Å². The number of aliphatic carboxylic acids is 1. The number of aliphatic hydroxyl groups is 3. The summed E-state index contributed by atoms with van der Waals surface area (Å²) in [6, 6.07) is 12.0. The van der Waals surface area contributed by atoms with Crippen LogP contribution in [0.4, 0.5) is 17.1 Å². The Morgan fingerprint density at radius 1 is 0.906 bits per heavy atom. The van der Waals surface area contributed by atoms with Crippen LogP contribution in [0.25, 0.3) is 0 Å². The molecule has 9 nitrogen and oxygen atoms in total. The average Bonchev–Trinajstić information content (AvgIpc) is 2.85. The third-order valence-corrected chi connectivity index (χ3v) is 6.16. The molecule has 0 spiro atoms. The Morgan fingerprint density at radius 3 is 2.25 bits per heavy atom. The second-order valence-electron chi connectivity index (χ2n) is 7.86. The number of carbonyl (C=O) groups excluding carboxylic acids is 2. The van der Waals surface area contributed by atoms with E-state index in [1.54, 1.807) is 30.3 Å². The van der Waals surface area contributed by atoms with Crippen molar-refractivity contribution in [3.63, 3.8) is 0 Å². The van der Waals surface area contributed by atoms with E-state index in [-0.39, 0.29) is 17.8 Å². The van der Waals surface area contributed by atoms with Crippen LogP contribution in [-0.4, -0.2) is 62.6 Å². The zero-order valence-corrected chi connectivity index (χ0v) is 17.5. The van der Waals surface area contributed by atoms with Crippen molar-refractivity contribution in [3.8, 4) is 0 Å². The molecule has 1 saturated carbocycles. The molecule has 0 unspecified atom stereocenters. The summed E-state index contributed by atoms with van der Waals surface area (Å²) in [6.45, 7) is 0. The molecule has 2 amide bonds. The van der Waals surface area contributed by atoms with Gasteiger partial charge in [-0.15, -0.1) is 0 Å². The molecule has 0 saturated heterocycles. The number of carbonyl (C=O) groups is 3. The van der Waals surface area contributed by atoms with Gasteiger partial charge in [0.05, 0.1) is 29.4 Å². The van der Waals surface area contributed by atoms with Crippen molar-refractivity contribution in [3.05, 3.63) is 53.6 Å². The third kappa shape index (κ3) is 3.73. The number of amides is 2. The van der Waals surface area contributed by atoms with Crippen molar-refractivity contribution in [2.75, 3.05) is 9.80 Å². The molecule has 4 rings (SSSR count). The minimum Gasteiger partial charge on any atom is -0.481 e. The van der Waals surface area contributed by atoms with Gasteiger partial charge in [0, 0.05) is 10.7 Å². The van der Waals surface area contributed by atoms with Gasteiger partial charge < -0.3 is 25.3 Å². The van der Waals surface area contributed by atoms with Crippen molar-refractivity contribution >= 4 is 46.4 Å². The van der Waals surface area contributed by atoms with E-state index in [0.29, 0.717) is 10.7 Å². The average molecular weight is 461 g/mol. The fourth-order valence-electron chi connectivity index (χ4n) is 4.38. The quantitative estimate of drug-likeness (QED) is 0.506. The van der Waals surface area contributed by atoms with E-state index < -0.39 is 54.5 Å². The van der Waals surface area contributed by atoms with Crippen molar-refractivity contribution in [1.29, 1.82) is 0 Å². The molecule has 0 radical (unpaired) electrons. The summed E-state index contributed by atoms with van der Waals surface area (Å²) in [6.07, 6.45) is -6.00. The number of halogens is 1. The summed E-state index contributed by atoms with van der Waals surface area (Å²) >= 11 is 6.19. The molecular formula is C22H21ClN2O7. The number of fused-ring (bicyclic) bond motifs is 1. The van der Waals surface area contributed by atoms with Crippen molar-refractivity contribution in [2.45, 2.75) is 37.2 Å². The maximum absolute atomic E-state index is 13.2. The molecule has 2 aromatic rings. The minimum atomic E-state index is -1.79. The van der Waals surface area contributed by atoms with Crippen LogP contribution in [0.15, 0.2) is 48.5 Å². The lowest BCUT2D eigenvalue weighted by molar-refractivity contribution is -0.163. The summed E-state index contributed by atoms with van der Waals surface area (Å²) in [4.78, 5) is 40.4. The predicted molar refractivity (Wildman–Crippen MR) is 115 cm³/mol. The third-order valence-electron chi connectivity index (χ3n) is 5.92. The van der Waals surface area contributed by atoms with Crippen LogP contribution in [0.2, 0.25) is 5.02 Å². The van der Waals surface area contributed by atoms with Crippen molar-refractivity contribution < 1.29 is 34.8 Å². The molecule has 32 heavy (non-hydrogen) atoms. The van der Waals surface area contributed by atoms with Crippen molar-refractivity contribution in [1.82, 2.24) is 0 Å². The highest BCUT2D eigenvalue weighted by Crippen LogP contribution is 2.43. The first kappa shape index (κ1) is 22.2. The molecule has 2 aliphatic rings. The van der Waals surface area contributed by atoms with Crippen LogP contribution < -0.4 is 9.80 Å². The highest BCUT2D eigenvalue weighted by atomic mass is 35.5. The highest BCUT2D eigenvalue weighted by molar-refractivity contribution is 6.31. The summed E-state index contributed by atoms with van der Waals surface area (Å²) in [5, 5.41) is 40.9. The molecule has 1 heterocycles. The molecule has 0 bridgehead atoms. The molecular weight excluding hydrogens is 440 g/mol. The number of aliphatic hydroxyl groups excluding tert-OH is 3. The number of para-hydroxylation sites is 1. The van der Waals surface area contributed by atoms with E-state index in [1.807, 2.05) is 0 Å². The first-order valence-corrected chi connectivity index (χ1v) is 10.3. The normalized spacial score (nSPS) is 28.3. The maximum Gasteiger partial charge on any atom is 0.309 e. The van der Waals surface area contributed by atoms with Crippen LogP contribution in [0.1, 0.15) is 12.8 Å². The molecule has 10 heteroatoms. The second-order valence-corrected chi connectivity index (χ2v) is 8.29. The van der Waals surface area contributed by atoms with E-state index in [4.69, 9.17) is 11.6 Å². The predicted octanol–water partition coefficient (Wildman–Crippen LogP) is 1.30. The first-order chi connectivity index (χ1) is 15.2. The number of hydrogen-bond donors (Lipinski definition) is 4. The first-order valence-electron chi connectivity index (χ1n) is 9.97.